The minimum absolute atomic E-state index is 0.377. The summed E-state index contributed by atoms with van der Waals surface area (Å²) in [5, 5.41) is 0. The molecule has 0 spiro atoms. The van der Waals surface area contributed by atoms with E-state index in [0.717, 1.165) is 11.0 Å². The van der Waals surface area contributed by atoms with Crippen LogP contribution in [-0.2, 0) is 0 Å². The van der Waals surface area contributed by atoms with Gasteiger partial charge >= 0.3 is 0 Å². The highest BCUT2D eigenvalue weighted by molar-refractivity contribution is 5.46. The average Bonchev–Trinajstić information content (AvgIpc) is 2.11. The maximum atomic E-state index is 4.31. The molecule has 108 valence electrons. The molecule has 0 saturated carbocycles. The average molecular weight is 255 g/mol. The van der Waals surface area contributed by atoms with Crippen molar-refractivity contribution in [2.45, 2.75) is 67.3 Å². The van der Waals surface area contributed by atoms with E-state index in [1.165, 1.54) is 12.8 Å². The van der Waals surface area contributed by atoms with Crippen molar-refractivity contribution in [3.05, 3.63) is 0 Å². The fourth-order valence-electron chi connectivity index (χ4n) is 2.33. The Morgan fingerprint density at radius 1 is 1.06 bits per heavy atom. The van der Waals surface area contributed by atoms with Crippen LogP contribution in [0.5, 0.6) is 0 Å². The highest BCUT2D eigenvalue weighted by Crippen LogP contribution is 2.28. The first-order valence-corrected chi connectivity index (χ1v) is 7.18. The van der Waals surface area contributed by atoms with Crippen molar-refractivity contribution in [3.8, 4) is 0 Å². The third kappa shape index (κ3) is 7.15. The van der Waals surface area contributed by atoms with Gasteiger partial charge in [-0.3, -0.25) is 4.48 Å². The minimum Gasteiger partial charge on any atom is -0.282 e. The number of quaternary nitrogens is 1. The van der Waals surface area contributed by atoms with Gasteiger partial charge in [-0.05, 0) is 17.8 Å². The van der Waals surface area contributed by atoms with Crippen molar-refractivity contribution >= 4 is 6.34 Å². The topological polar surface area (TPSA) is 12.4 Å². The lowest BCUT2D eigenvalue weighted by Gasteiger charge is -2.40. The van der Waals surface area contributed by atoms with E-state index in [1.54, 1.807) is 0 Å². The monoisotopic (exact) mass is 255 g/mol. The van der Waals surface area contributed by atoms with Crippen LogP contribution in [0.1, 0.15) is 61.3 Å². The van der Waals surface area contributed by atoms with E-state index < -0.39 is 0 Å². The Morgan fingerprint density at radius 2 is 1.56 bits per heavy atom. The first-order chi connectivity index (χ1) is 7.90. The predicted octanol–water partition coefficient (Wildman–Crippen LogP) is 4.35. The third-order valence-corrected chi connectivity index (χ3v) is 3.64. The Labute approximate surface area is 115 Å². The zero-order valence-electron chi connectivity index (χ0n) is 14.2. The molecule has 2 heteroatoms. The molecular formula is C16H35N2+. The lowest BCUT2D eigenvalue weighted by molar-refractivity contribution is -0.841. The Hall–Kier alpha value is -0.370. The van der Waals surface area contributed by atoms with Crippen LogP contribution in [0.15, 0.2) is 4.99 Å². The minimum atomic E-state index is 0.377. The summed E-state index contributed by atoms with van der Waals surface area (Å²) in [5.41, 5.74) is 0.769. The fraction of sp³-hybridized carbons (Fsp3) is 0.938. The first-order valence-electron chi connectivity index (χ1n) is 7.18. The molecule has 0 aliphatic heterocycles. The molecule has 0 saturated heterocycles. The molecule has 18 heavy (non-hydrogen) atoms. The van der Waals surface area contributed by atoms with E-state index in [9.17, 15) is 0 Å². The number of hydrogen-bond acceptors (Lipinski definition) is 1. The number of aliphatic imine (C=N–C) groups is 1. The molecule has 0 heterocycles. The van der Waals surface area contributed by atoms with Crippen molar-refractivity contribution in [1.29, 1.82) is 0 Å². The molecule has 2 atom stereocenters. The van der Waals surface area contributed by atoms with Gasteiger partial charge in [0.05, 0.1) is 19.6 Å². The summed E-state index contributed by atoms with van der Waals surface area (Å²) in [6.07, 6.45) is 4.58. The van der Waals surface area contributed by atoms with E-state index in [-0.39, 0.29) is 0 Å². The quantitative estimate of drug-likeness (QED) is 0.393. The highest BCUT2D eigenvalue weighted by Gasteiger charge is 2.32. The molecule has 0 N–H and O–H groups in total. The maximum Gasteiger partial charge on any atom is 0.185 e. The second-order valence-electron chi connectivity index (χ2n) is 8.37. The van der Waals surface area contributed by atoms with Gasteiger partial charge in [-0.2, -0.15) is 0 Å². The summed E-state index contributed by atoms with van der Waals surface area (Å²) in [6.45, 7) is 17.4. The second-order valence-corrected chi connectivity index (χ2v) is 8.37. The van der Waals surface area contributed by atoms with Gasteiger partial charge in [0.2, 0.25) is 0 Å². The maximum absolute atomic E-state index is 4.31. The van der Waals surface area contributed by atoms with Gasteiger partial charge in [0.15, 0.2) is 6.34 Å². The molecule has 0 aromatic carbocycles. The third-order valence-electron chi connectivity index (χ3n) is 3.64. The van der Waals surface area contributed by atoms with Crippen molar-refractivity contribution < 1.29 is 4.48 Å². The van der Waals surface area contributed by atoms with E-state index in [4.69, 9.17) is 0 Å². The predicted molar refractivity (Wildman–Crippen MR) is 83.1 cm³/mol. The van der Waals surface area contributed by atoms with Crippen LogP contribution in [0.4, 0.5) is 0 Å². The van der Waals surface area contributed by atoms with Crippen molar-refractivity contribution in [2.24, 2.45) is 15.8 Å². The van der Waals surface area contributed by atoms with Crippen molar-refractivity contribution in [3.63, 3.8) is 0 Å². The molecule has 2 unspecified atom stereocenters. The summed E-state index contributed by atoms with van der Waals surface area (Å²) < 4.78 is 0.949. The molecular weight excluding hydrogens is 220 g/mol. The number of rotatable bonds is 5. The SMILES string of the molecule is CN=C[N+](C)(CCC(C)(C)C)C(C)CC(C)(C)C. The summed E-state index contributed by atoms with van der Waals surface area (Å²) >= 11 is 0. The molecule has 0 bridgehead atoms. The Bertz CT molecular complexity index is 268. The van der Waals surface area contributed by atoms with Crippen LogP contribution in [0.25, 0.3) is 0 Å². The van der Waals surface area contributed by atoms with Gasteiger partial charge in [-0.25, -0.2) is 4.99 Å². The second kappa shape index (κ2) is 6.18. The normalized spacial score (nSPS) is 18.9. The van der Waals surface area contributed by atoms with Crippen LogP contribution >= 0.6 is 0 Å². The summed E-state index contributed by atoms with van der Waals surface area (Å²) in [5.74, 6) is 0. The zero-order valence-corrected chi connectivity index (χ0v) is 14.2. The van der Waals surface area contributed by atoms with Gasteiger partial charge in [-0.15, -0.1) is 0 Å². The van der Waals surface area contributed by atoms with E-state index in [0.29, 0.717) is 16.9 Å². The van der Waals surface area contributed by atoms with Crippen molar-refractivity contribution in [2.75, 3.05) is 20.6 Å². The van der Waals surface area contributed by atoms with Gasteiger partial charge in [0, 0.05) is 19.9 Å². The Morgan fingerprint density at radius 3 is 1.89 bits per heavy atom. The van der Waals surface area contributed by atoms with Crippen LogP contribution in [-0.4, -0.2) is 37.5 Å². The van der Waals surface area contributed by atoms with E-state index in [1.807, 2.05) is 7.05 Å². The molecule has 0 amide bonds. The summed E-state index contributed by atoms with van der Waals surface area (Å²) in [6, 6.07) is 0.607. The molecule has 0 aliphatic rings. The zero-order chi connectivity index (χ0) is 14.6. The number of hydrogen-bond donors (Lipinski definition) is 0. The molecule has 0 radical (unpaired) electrons. The van der Waals surface area contributed by atoms with Crippen LogP contribution in [0, 0.1) is 10.8 Å². The number of nitrogens with zero attached hydrogens (tertiary/aromatic N) is 2. The lowest BCUT2D eigenvalue weighted by Crippen LogP contribution is -2.52. The van der Waals surface area contributed by atoms with Crippen molar-refractivity contribution in [1.82, 2.24) is 0 Å². The van der Waals surface area contributed by atoms with Gasteiger partial charge < -0.3 is 0 Å². The lowest BCUT2D eigenvalue weighted by atomic mass is 9.86. The Balaban J connectivity index is 4.80. The molecule has 0 aromatic heterocycles. The van der Waals surface area contributed by atoms with Gasteiger partial charge in [-0.1, -0.05) is 41.5 Å². The van der Waals surface area contributed by atoms with Crippen LogP contribution in [0.3, 0.4) is 0 Å². The van der Waals surface area contributed by atoms with E-state index in [2.05, 4.69) is 66.8 Å². The largest absolute Gasteiger partial charge is 0.282 e. The van der Waals surface area contributed by atoms with Gasteiger partial charge in [0.25, 0.3) is 0 Å². The summed E-state index contributed by atoms with van der Waals surface area (Å²) in [4.78, 5) is 4.31. The highest BCUT2D eigenvalue weighted by atomic mass is 15.4. The van der Waals surface area contributed by atoms with Crippen LogP contribution < -0.4 is 0 Å². The summed E-state index contributed by atoms with van der Waals surface area (Å²) in [7, 11) is 4.20. The Kier molecular flexibility index (Phi) is 6.06. The molecule has 2 nitrogen and oxygen atoms in total. The van der Waals surface area contributed by atoms with Gasteiger partial charge in [0.1, 0.15) is 0 Å². The first kappa shape index (κ1) is 17.6. The molecule has 0 aromatic rings. The standard InChI is InChI=1S/C16H35N2/c1-14(12-16(5,6)7)18(9,13-17-8)11-10-15(2,3)4/h13-14H,10-12H2,1-9H3/q+1. The molecule has 0 rings (SSSR count). The van der Waals surface area contributed by atoms with E-state index >= 15 is 0 Å². The fourth-order valence-corrected chi connectivity index (χ4v) is 2.33. The molecule has 0 fully saturated rings. The molecule has 0 aliphatic carbocycles. The smallest absolute Gasteiger partial charge is 0.185 e. The van der Waals surface area contributed by atoms with Crippen LogP contribution in [0.2, 0.25) is 0 Å².